The van der Waals surface area contributed by atoms with Gasteiger partial charge in [-0.1, -0.05) is 34.1 Å². The lowest BCUT2D eigenvalue weighted by atomic mass is 10.2. The largest absolute Gasteiger partial charge is 0.294 e. The molecule has 1 aromatic heterocycles. The number of nitrogens with zero attached hydrogens (tertiary/aromatic N) is 2. The summed E-state index contributed by atoms with van der Waals surface area (Å²) in [7, 11) is 0. The number of hydrogen-bond acceptors (Lipinski definition) is 2. The average molecular weight is 391 g/mol. The maximum Gasteiger partial charge on any atom is 0.267 e. The predicted molar refractivity (Wildman–Crippen MR) is 74.5 cm³/mol. The quantitative estimate of drug-likeness (QED) is 0.739. The molecular formula is C11H8BrIN2O. The molecule has 1 aromatic carbocycles. The third-order valence-corrected chi connectivity index (χ3v) is 3.67. The Labute approximate surface area is 115 Å². The van der Waals surface area contributed by atoms with E-state index in [9.17, 15) is 4.79 Å². The summed E-state index contributed by atoms with van der Waals surface area (Å²) in [6, 6.07) is 7.84. The van der Waals surface area contributed by atoms with Gasteiger partial charge < -0.3 is 0 Å². The molecule has 3 nitrogen and oxygen atoms in total. The van der Waals surface area contributed by atoms with Gasteiger partial charge in [-0.05, 0) is 34.2 Å². The molecule has 0 N–H and O–H groups in total. The monoisotopic (exact) mass is 390 g/mol. The number of aromatic nitrogens is 2. The highest BCUT2D eigenvalue weighted by Gasteiger charge is 2.03. The van der Waals surface area contributed by atoms with Gasteiger partial charge in [0.05, 0.1) is 16.4 Å². The summed E-state index contributed by atoms with van der Waals surface area (Å²) in [4.78, 5) is 15.8. The van der Waals surface area contributed by atoms with Gasteiger partial charge >= 0.3 is 0 Å². The van der Waals surface area contributed by atoms with Gasteiger partial charge in [0.15, 0.2) is 0 Å². The molecule has 16 heavy (non-hydrogen) atoms. The molecule has 0 saturated heterocycles. The second kappa shape index (κ2) is 5.09. The summed E-state index contributed by atoms with van der Waals surface area (Å²) >= 11 is 5.45. The van der Waals surface area contributed by atoms with Crippen molar-refractivity contribution >= 4 is 38.5 Å². The van der Waals surface area contributed by atoms with Crippen LogP contribution in [0.15, 0.2) is 46.1 Å². The van der Waals surface area contributed by atoms with Gasteiger partial charge in [0.1, 0.15) is 0 Å². The standard InChI is InChI=1S/C11H8BrIN2O/c12-9-4-2-1-3-8(9)6-15-7-14-5-10(13)11(15)16/h1-5,7H,6H2. The highest BCUT2D eigenvalue weighted by atomic mass is 127. The van der Waals surface area contributed by atoms with Crippen LogP contribution in [0.1, 0.15) is 5.56 Å². The first kappa shape index (κ1) is 11.8. The SMILES string of the molecule is O=c1c(I)cncn1Cc1ccccc1Br. The van der Waals surface area contributed by atoms with E-state index in [0.29, 0.717) is 10.1 Å². The molecule has 0 amide bonds. The Kier molecular flexibility index (Phi) is 3.75. The molecule has 2 rings (SSSR count). The Morgan fingerprint density at radius 3 is 2.88 bits per heavy atom. The van der Waals surface area contributed by atoms with Crippen molar-refractivity contribution in [2.45, 2.75) is 6.54 Å². The molecule has 5 heteroatoms. The number of hydrogen-bond donors (Lipinski definition) is 0. The van der Waals surface area contributed by atoms with E-state index in [1.54, 1.807) is 17.1 Å². The third-order valence-electron chi connectivity index (χ3n) is 2.16. The van der Waals surface area contributed by atoms with Gasteiger partial charge in [0.2, 0.25) is 0 Å². The van der Waals surface area contributed by atoms with Crippen LogP contribution in [0.2, 0.25) is 0 Å². The lowest BCUT2D eigenvalue weighted by Gasteiger charge is -2.06. The summed E-state index contributed by atoms with van der Waals surface area (Å²) in [5.74, 6) is 0. The summed E-state index contributed by atoms with van der Waals surface area (Å²) in [6.07, 6.45) is 3.13. The molecule has 0 aliphatic rings. The molecular weight excluding hydrogens is 383 g/mol. The van der Waals surface area contributed by atoms with E-state index in [1.165, 1.54) is 0 Å². The van der Waals surface area contributed by atoms with Gasteiger partial charge in [-0.3, -0.25) is 9.36 Å². The zero-order valence-corrected chi connectivity index (χ0v) is 12.0. The molecule has 0 atom stereocenters. The number of benzene rings is 1. The second-order valence-electron chi connectivity index (χ2n) is 3.27. The van der Waals surface area contributed by atoms with Gasteiger partial charge in [-0.2, -0.15) is 0 Å². The number of rotatable bonds is 2. The van der Waals surface area contributed by atoms with E-state index in [1.807, 2.05) is 46.9 Å². The Morgan fingerprint density at radius 1 is 1.38 bits per heavy atom. The van der Waals surface area contributed by atoms with E-state index in [0.717, 1.165) is 10.0 Å². The molecule has 0 fully saturated rings. The topological polar surface area (TPSA) is 34.9 Å². The fraction of sp³-hybridized carbons (Fsp3) is 0.0909. The highest BCUT2D eigenvalue weighted by Crippen LogP contribution is 2.16. The Bertz CT molecular complexity index is 568. The molecule has 0 aliphatic heterocycles. The van der Waals surface area contributed by atoms with Crippen LogP contribution in [0.3, 0.4) is 0 Å². The van der Waals surface area contributed by atoms with E-state index < -0.39 is 0 Å². The molecule has 0 unspecified atom stereocenters. The summed E-state index contributed by atoms with van der Waals surface area (Å²) in [5, 5.41) is 0. The molecule has 0 saturated carbocycles. The van der Waals surface area contributed by atoms with Gasteiger partial charge in [0, 0.05) is 10.7 Å². The van der Waals surface area contributed by atoms with E-state index in [4.69, 9.17) is 0 Å². The van der Waals surface area contributed by atoms with Gasteiger partial charge in [0.25, 0.3) is 5.56 Å². The first-order valence-electron chi connectivity index (χ1n) is 4.62. The number of halogens is 2. The lowest BCUT2D eigenvalue weighted by Crippen LogP contribution is -2.23. The van der Waals surface area contributed by atoms with Crippen LogP contribution in [0.4, 0.5) is 0 Å². The molecule has 0 spiro atoms. The smallest absolute Gasteiger partial charge is 0.267 e. The van der Waals surface area contributed by atoms with E-state index >= 15 is 0 Å². The maximum absolute atomic E-state index is 11.8. The summed E-state index contributed by atoms with van der Waals surface area (Å²) in [6.45, 7) is 0.532. The predicted octanol–water partition coefficient (Wildman–Crippen LogP) is 2.66. The van der Waals surface area contributed by atoms with Crippen molar-refractivity contribution in [2.24, 2.45) is 0 Å². The molecule has 0 aliphatic carbocycles. The minimum atomic E-state index is -0.00801. The lowest BCUT2D eigenvalue weighted by molar-refractivity contribution is 0.728. The molecule has 2 aromatic rings. The van der Waals surface area contributed by atoms with Crippen molar-refractivity contribution in [1.29, 1.82) is 0 Å². The minimum Gasteiger partial charge on any atom is -0.294 e. The van der Waals surface area contributed by atoms with Crippen molar-refractivity contribution < 1.29 is 0 Å². The van der Waals surface area contributed by atoms with Gasteiger partial charge in [-0.25, -0.2) is 4.98 Å². The summed E-state index contributed by atoms with van der Waals surface area (Å²) < 4.78 is 3.23. The average Bonchev–Trinajstić information content (AvgIpc) is 2.28. The zero-order valence-electron chi connectivity index (χ0n) is 8.23. The van der Waals surface area contributed by atoms with Crippen LogP contribution in [0.5, 0.6) is 0 Å². The molecule has 82 valence electrons. The molecule has 0 radical (unpaired) electrons. The molecule has 0 bridgehead atoms. The fourth-order valence-electron chi connectivity index (χ4n) is 1.35. The van der Waals surface area contributed by atoms with E-state index in [2.05, 4.69) is 20.9 Å². The zero-order chi connectivity index (χ0) is 11.5. The van der Waals surface area contributed by atoms with Crippen molar-refractivity contribution in [3.05, 3.63) is 60.7 Å². The Balaban J connectivity index is 2.39. The van der Waals surface area contributed by atoms with Crippen LogP contribution in [-0.2, 0) is 6.54 Å². The second-order valence-corrected chi connectivity index (χ2v) is 5.28. The van der Waals surface area contributed by atoms with Crippen LogP contribution in [0.25, 0.3) is 0 Å². The first-order chi connectivity index (χ1) is 7.68. The Hall–Kier alpha value is -0.690. The van der Waals surface area contributed by atoms with Crippen LogP contribution < -0.4 is 5.56 Å². The fourth-order valence-corrected chi connectivity index (χ4v) is 2.23. The highest BCUT2D eigenvalue weighted by molar-refractivity contribution is 14.1. The van der Waals surface area contributed by atoms with Crippen molar-refractivity contribution in [3.8, 4) is 0 Å². The van der Waals surface area contributed by atoms with Crippen LogP contribution in [-0.4, -0.2) is 9.55 Å². The van der Waals surface area contributed by atoms with Gasteiger partial charge in [-0.15, -0.1) is 0 Å². The maximum atomic E-state index is 11.8. The normalized spacial score (nSPS) is 10.4. The van der Waals surface area contributed by atoms with Crippen molar-refractivity contribution in [1.82, 2.24) is 9.55 Å². The van der Waals surface area contributed by atoms with Crippen molar-refractivity contribution in [3.63, 3.8) is 0 Å². The van der Waals surface area contributed by atoms with E-state index in [-0.39, 0.29) is 5.56 Å². The first-order valence-corrected chi connectivity index (χ1v) is 6.49. The summed E-state index contributed by atoms with van der Waals surface area (Å²) in [5.41, 5.74) is 1.06. The van der Waals surface area contributed by atoms with Crippen LogP contribution in [0, 0.1) is 3.57 Å². The van der Waals surface area contributed by atoms with Crippen molar-refractivity contribution in [2.75, 3.05) is 0 Å². The Morgan fingerprint density at radius 2 is 2.12 bits per heavy atom. The third kappa shape index (κ3) is 2.52. The molecule has 1 heterocycles. The van der Waals surface area contributed by atoms with Crippen LogP contribution >= 0.6 is 38.5 Å². The minimum absolute atomic E-state index is 0.00801.